The molecular formula is C20H28Ni. The fraction of sp³-hybridized carbons (Fsp3) is 0.400. The standard InChI is InChI=1S/2C10H14.Ni/c2*1-7-5-9(3)10(4)6-8(7)2;/h2*5-6H,1-4H3;. The Kier molecular flexibility index (Phi) is 7.97. The first-order valence-corrected chi connectivity index (χ1v) is 7.31. The first-order valence-electron chi connectivity index (χ1n) is 7.31. The van der Waals surface area contributed by atoms with Crippen molar-refractivity contribution in [1.29, 1.82) is 0 Å². The van der Waals surface area contributed by atoms with E-state index < -0.39 is 0 Å². The van der Waals surface area contributed by atoms with E-state index in [0.29, 0.717) is 0 Å². The van der Waals surface area contributed by atoms with Crippen molar-refractivity contribution >= 4 is 0 Å². The summed E-state index contributed by atoms with van der Waals surface area (Å²) >= 11 is 0. The van der Waals surface area contributed by atoms with Crippen molar-refractivity contribution in [2.24, 2.45) is 0 Å². The minimum Gasteiger partial charge on any atom is -0.0559 e. The second-order valence-electron chi connectivity index (χ2n) is 6.04. The normalized spacial score (nSPS) is 9.52. The molecule has 0 spiro atoms. The topological polar surface area (TPSA) is 0 Å². The molecule has 0 bridgehead atoms. The van der Waals surface area contributed by atoms with Crippen molar-refractivity contribution in [2.75, 3.05) is 0 Å². The molecular weight excluding hydrogens is 299 g/mol. The van der Waals surface area contributed by atoms with Crippen LogP contribution in [0.15, 0.2) is 24.3 Å². The molecule has 0 amide bonds. The smallest absolute Gasteiger partial charge is 0 e. The van der Waals surface area contributed by atoms with Crippen LogP contribution in [-0.2, 0) is 16.5 Å². The molecule has 2 rings (SSSR count). The molecule has 0 saturated heterocycles. The van der Waals surface area contributed by atoms with E-state index in [2.05, 4.69) is 79.7 Å². The Balaban J connectivity index is 0.000000364. The molecule has 0 atom stereocenters. The van der Waals surface area contributed by atoms with Crippen molar-refractivity contribution in [3.63, 3.8) is 0 Å². The van der Waals surface area contributed by atoms with Crippen LogP contribution in [0.2, 0.25) is 0 Å². The second-order valence-corrected chi connectivity index (χ2v) is 6.04. The van der Waals surface area contributed by atoms with Crippen LogP contribution in [0, 0.1) is 55.4 Å². The van der Waals surface area contributed by atoms with Gasteiger partial charge in [-0.3, -0.25) is 0 Å². The van der Waals surface area contributed by atoms with E-state index in [-0.39, 0.29) is 16.5 Å². The van der Waals surface area contributed by atoms with Crippen LogP contribution in [-0.4, -0.2) is 0 Å². The van der Waals surface area contributed by atoms with Gasteiger partial charge in [0.1, 0.15) is 0 Å². The maximum Gasteiger partial charge on any atom is 0 e. The molecule has 0 aliphatic rings. The van der Waals surface area contributed by atoms with Gasteiger partial charge in [-0.2, -0.15) is 0 Å². The van der Waals surface area contributed by atoms with E-state index in [1.807, 2.05) is 0 Å². The van der Waals surface area contributed by atoms with Gasteiger partial charge in [0.15, 0.2) is 0 Å². The third-order valence-corrected chi connectivity index (χ3v) is 4.22. The van der Waals surface area contributed by atoms with Gasteiger partial charge < -0.3 is 0 Å². The first kappa shape index (κ1) is 19.9. The van der Waals surface area contributed by atoms with Gasteiger partial charge in [0, 0.05) is 16.5 Å². The van der Waals surface area contributed by atoms with E-state index in [1.54, 1.807) is 0 Å². The van der Waals surface area contributed by atoms with Crippen LogP contribution < -0.4 is 0 Å². The minimum absolute atomic E-state index is 0. The zero-order valence-corrected chi connectivity index (χ0v) is 15.6. The third-order valence-electron chi connectivity index (χ3n) is 4.22. The van der Waals surface area contributed by atoms with Crippen molar-refractivity contribution in [1.82, 2.24) is 0 Å². The average molecular weight is 327 g/mol. The Hall–Kier alpha value is -1.07. The summed E-state index contributed by atoms with van der Waals surface area (Å²) in [5, 5.41) is 0. The van der Waals surface area contributed by atoms with Crippen LogP contribution in [0.3, 0.4) is 0 Å². The monoisotopic (exact) mass is 326 g/mol. The molecule has 0 saturated carbocycles. The number of aryl methyl sites for hydroxylation is 8. The summed E-state index contributed by atoms with van der Waals surface area (Å²) < 4.78 is 0. The average Bonchev–Trinajstić information content (AvgIpc) is 2.35. The van der Waals surface area contributed by atoms with Crippen molar-refractivity contribution in [3.05, 3.63) is 68.8 Å². The largest absolute Gasteiger partial charge is 0.0559 e. The van der Waals surface area contributed by atoms with Crippen LogP contribution in [0.25, 0.3) is 0 Å². The molecule has 118 valence electrons. The SMILES string of the molecule is Cc1cc(C)c(C)cc1C.Cc1cc(C)c(C)cc1C.[Ni]. The maximum atomic E-state index is 2.24. The summed E-state index contributed by atoms with van der Waals surface area (Å²) in [6.45, 7) is 17.2. The second kappa shape index (κ2) is 8.39. The summed E-state index contributed by atoms with van der Waals surface area (Å²) in [6.07, 6.45) is 0. The molecule has 2 aromatic rings. The summed E-state index contributed by atoms with van der Waals surface area (Å²) in [7, 11) is 0. The minimum atomic E-state index is 0. The van der Waals surface area contributed by atoms with Gasteiger partial charge in [-0.15, -0.1) is 0 Å². The zero-order chi connectivity index (χ0) is 15.4. The van der Waals surface area contributed by atoms with Crippen LogP contribution in [0.1, 0.15) is 44.5 Å². The summed E-state index contributed by atoms with van der Waals surface area (Å²) in [5.41, 5.74) is 11.1. The van der Waals surface area contributed by atoms with Crippen LogP contribution in [0.4, 0.5) is 0 Å². The zero-order valence-electron chi connectivity index (χ0n) is 14.6. The first-order chi connectivity index (χ1) is 9.22. The van der Waals surface area contributed by atoms with Gasteiger partial charge in [0.05, 0.1) is 0 Å². The molecule has 21 heavy (non-hydrogen) atoms. The Morgan fingerprint density at radius 2 is 0.429 bits per heavy atom. The fourth-order valence-electron chi connectivity index (χ4n) is 2.21. The maximum absolute atomic E-state index is 2.24. The van der Waals surface area contributed by atoms with Gasteiger partial charge >= 0.3 is 0 Å². The van der Waals surface area contributed by atoms with Crippen LogP contribution in [0.5, 0.6) is 0 Å². The molecule has 0 aromatic heterocycles. The van der Waals surface area contributed by atoms with E-state index >= 15 is 0 Å². The predicted molar refractivity (Wildman–Crippen MR) is 90.8 cm³/mol. The molecule has 0 radical (unpaired) electrons. The Morgan fingerprint density at radius 3 is 0.524 bits per heavy atom. The number of hydrogen-bond acceptors (Lipinski definition) is 0. The molecule has 0 fully saturated rings. The van der Waals surface area contributed by atoms with Gasteiger partial charge in [-0.05, 0) is 99.9 Å². The molecule has 0 aliphatic carbocycles. The van der Waals surface area contributed by atoms with E-state index in [4.69, 9.17) is 0 Å². The number of rotatable bonds is 0. The number of hydrogen-bond donors (Lipinski definition) is 0. The third kappa shape index (κ3) is 5.67. The predicted octanol–water partition coefficient (Wildman–Crippen LogP) is 5.84. The van der Waals surface area contributed by atoms with E-state index in [1.165, 1.54) is 44.5 Å². The van der Waals surface area contributed by atoms with Gasteiger partial charge in [-0.25, -0.2) is 0 Å². The molecule has 0 nitrogen and oxygen atoms in total. The van der Waals surface area contributed by atoms with Gasteiger partial charge in [-0.1, -0.05) is 24.3 Å². The summed E-state index contributed by atoms with van der Waals surface area (Å²) in [4.78, 5) is 0. The van der Waals surface area contributed by atoms with E-state index in [0.717, 1.165) is 0 Å². The molecule has 0 aliphatic heterocycles. The van der Waals surface area contributed by atoms with Crippen molar-refractivity contribution in [3.8, 4) is 0 Å². The Morgan fingerprint density at radius 1 is 0.333 bits per heavy atom. The Labute approximate surface area is 140 Å². The van der Waals surface area contributed by atoms with Crippen molar-refractivity contribution in [2.45, 2.75) is 55.4 Å². The molecule has 0 N–H and O–H groups in total. The van der Waals surface area contributed by atoms with Gasteiger partial charge in [0.2, 0.25) is 0 Å². The summed E-state index contributed by atoms with van der Waals surface area (Å²) in [6, 6.07) is 8.96. The quantitative estimate of drug-likeness (QED) is 0.533. The van der Waals surface area contributed by atoms with Crippen LogP contribution >= 0.6 is 0 Å². The van der Waals surface area contributed by atoms with Gasteiger partial charge in [0.25, 0.3) is 0 Å². The number of benzene rings is 2. The molecule has 0 unspecified atom stereocenters. The Bertz CT molecular complexity index is 454. The molecule has 0 heterocycles. The summed E-state index contributed by atoms with van der Waals surface area (Å²) in [5.74, 6) is 0. The van der Waals surface area contributed by atoms with Crippen molar-refractivity contribution < 1.29 is 16.5 Å². The molecule has 1 heteroatoms. The molecule has 2 aromatic carbocycles. The fourth-order valence-corrected chi connectivity index (χ4v) is 2.21. The van der Waals surface area contributed by atoms with E-state index in [9.17, 15) is 0 Å².